The molecule has 0 aliphatic rings. The molecule has 0 saturated heterocycles. The highest BCUT2D eigenvalue weighted by Gasteiger charge is 2.19. The minimum absolute atomic E-state index is 0.0891. The number of hydrogen-bond donors (Lipinski definition) is 2. The summed E-state index contributed by atoms with van der Waals surface area (Å²) in [5.41, 5.74) is 5.45. The van der Waals surface area contributed by atoms with Crippen molar-refractivity contribution in [3.8, 4) is 0 Å². The fourth-order valence-corrected chi connectivity index (χ4v) is 2.66. The molecule has 3 aromatic rings. The molecule has 0 fully saturated rings. The highest BCUT2D eigenvalue weighted by atomic mass is 79.9. The third-order valence-electron chi connectivity index (χ3n) is 3.51. The zero-order valence-electron chi connectivity index (χ0n) is 12.5. The van der Waals surface area contributed by atoms with Gasteiger partial charge >= 0.3 is 5.91 Å². The lowest BCUT2D eigenvalue weighted by atomic mass is 10.1. The summed E-state index contributed by atoms with van der Waals surface area (Å²) in [6.07, 6.45) is 0. The number of fused-ring (bicyclic) bond motifs is 1. The summed E-state index contributed by atoms with van der Waals surface area (Å²) in [5, 5.41) is 0.812. The first kappa shape index (κ1) is 16.2. The number of benzene rings is 2. The van der Waals surface area contributed by atoms with Crippen LogP contribution in [0.1, 0.15) is 26.5 Å². The summed E-state index contributed by atoms with van der Waals surface area (Å²) in [6, 6.07) is 11.2. The van der Waals surface area contributed by atoms with Crippen LogP contribution in [0.2, 0.25) is 0 Å². The SMILES string of the molecule is Cc1c(C(=O)NNC(=O)c2cc(Br)ccc2F)oc2ccccc12. The Labute approximate surface area is 144 Å². The Morgan fingerprint density at radius 2 is 1.79 bits per heavy atom. The summed E-state index contributed by atoms with van der Waals surface area (Å²) in [4.78, 5) is 24.2. The molecule has 0 radical (unpaired) electrons. The molecule has 2 aromatic carbocycles. The minimum atomic E-state index is -0.768. The second kappa shape index (κ2) is 6.45. The number of hydrazine groups is 1. The molecule has 24 heavy (non-hydrogen) atoms. The van der Waals surface area contributed by atoms with Crippen LogP contribution in [0.5, 0.6) is 0 Å². The van der Waals surface area contributed by atoms with E-state index in [9.17, 15) is 14.0 Å². The standard InChI is InChI=1S/C17H12BrFN2O3/c1-9-11-4-2-3-5-14(11)24-15(9)17(23)21-20-16(22)12-8-10(18)6-7-13(12)19/h2-8H,1H3,(H,20,22)(H,21,23). The number of carbonyl (C=O) groups is 2. The van der Waals surface area contributed by atoms with E-state index in [1.807, 2.05) is 12.1 Å². The molecule has 0 aliphatic carbocycles. The molecule has 3 rings (SSSR count). The first-order valence-electron chi connectivity index (χ1n) is 7.01. The average molecular weight is 391 g/mol. The number of furan rings is 1. The van der Waals surface area contributed by atoms with Gasteiger partial charge in [0.05, 0.1) is 5.56 Å². The van der Waals surface area contributed by atoms with Gasteiger partial charge < -0.3 is 4.42 Å². The maximum absolute atomic E-state index is 13.7. The van der Waals surface area contributed by atoms with E-state index in [1.54, 1.807) is 19.1 Å². The Bertz CT molecular complexity index is 952. The number of rotatable bonds is 2. The zero-order chi connectivity index (χ0) is 17.3. The Morgan fingerprint density at radius 1 is 1.08 bits per heavy atom. The highest BCUT2D eigenvalue weighted by Crippen LogP contribution is 2.24. The maximum Gasteiger partial charge on any atom is 0.305 e. The van der Waals surface area contributed by atoms with Gasteiger partial charge in [-0.05, 0) is 31.2 Å². The predicted molar refractivity (Wildman–Crippen MR) is 90.0 cm³/mol. The molecule has 7 heteroatoms. The molecular weight excluding hydrogens is 379 g/mol. The highest BCUT2D eigenvalue weighted by molar-refractivity contribution is 9.10. The van der Waals surface area contributed by atoms with Gasteiger partial charge in [0.1, 0.15) is 11.4 Å². The molecule has 2 amide bonds. The molecule has 1 aromatic heterocycles. The molecule has 0 bridgehead atoms. The van der Waals surface area contributed by atoms with Gasteiger partial charge in [0.15, 0.2) is 5.76 Å². The summed E-state index contributed by atoms with van der Waals surface area (Å²) in [7, 11) is 0. The smallest absolute Gasteiger partial charge is 0.305 e. The van der Waals surface area contributed by atoms with Crippen molar-refractivity contribution < 1.29 is 18.4 Å². The van der Waals surface area contributed by atoms with E-state index in [0.717, 1.165) is 11.5 Å². The molecule has 122 valence electrons. The summed E-state index contributed by atoms with van der Waals surface area (Å²) < 4.78 is 19.7. The number of nitrogens with one attached hydrogen (secondary N) is 2. The molecule has 0 spiro atoms. The van der Waals surface area contributed by atoms with Gasteiger partial charge in [-0.1, -0.05) is 34.1 Å². The van der Waals surface area contributed by atoms with Crippen LogP contribution in [-0.4, -0.2) is 11.8 Å². The van der Waals surface area contributed by atoms with E-state index in [-0.39, 0.29) is 11.3 Å². The fourth-order valence-electron chi connectivity index (χ4n) is 2.30. The largest absolute Gasteiger partial charge is 0.451 e. The van der Waals surface area contributed by atoms with Crippen molar-refractivity contribution in [2.75, 3.05) is 0 Å². The lowest BCUT2D eigenvalue weighted by Gasteiger charge is -2.07. The van der Waals surface area contributed by atoms with Gasteiger partial charge in [-0.3, -0.25) is 20.4 Å². The number of hydrogen-bond acceptors (Lipinski definition) is 3. The van der Waals surface area contributed by atoms with Crippen molar-refractivity contribution in [3.05, 3.63) is 69.6 Å². The summed E-state index contributed by atoms with van der Waals surface area (Å²) in [5.74, 6) is -1.99. The zero-order valence-corrected chi connectivity index (χ0v) is 14.1. The monoisotopic (exact) mass is 390 g/mol. The van der Waals surface area contributed by atoms with E-state index < -0.39 is 17.6 Å². The molecule has 2 N–H and O–H groups in total. The van der Waals surface area contributed by atoms with Gasteiger partial charge in [-0.2, -0.15) is 0 Å². The number of amides is 2. The molecule has 5 nitrogen and oxygen atoms in total. The third kappa shape index (κ3) is 3.03. The quantitative estimate of drug-likeness (QED) is 0.655. The van der Waals surface area contributed by atoms with Crippen molar-refractivity contribution >= 4 is 38.7 Å². The molecule has 0 aliphatic heterocycles. The van der Waals surface area contributed by atoms with Crippen molar-refractivity contribution in [2.45, 2.75) is 6.92 Å². The third-order valence-corrected chi connectivity index (χ3v) is 4.01. The molecule has 0 atom stereocenters. The normalized spacial score (nSPS) is 10.6. The van der Waals surface area contributed by atoms with Crippen LogP contribution in [0.15, 0.2) is 51.4 Å². The Morgan fingerprint density at radius 3 is 2.54 bits per heavy atom. The lowest BCUT2D eigenvalue weighted by Crippen LogP contribution is -2.42. The Hall–Kier alpha value is -2.67. The van der Waals surface area contributed by atoms with Gasteiger partial charge in [-0.15, -0.1) is 0 Å². The second-order valence-electron chi connectivity index (χ2n) is 5.08. The van der Waals surface area contributed by atoms with Crippen molar-refractivity contribution in [3.63, 3.8) is 0 Å². The molecular formula is C17H12BrFN2O3. The first-order chi connectivity index (χ1) is 11.5. The van der Waals surface area contributed by atoms with E-state index in [1.165, 1.54) is 12.1 Å². The van der Waals surface area contributed by atoms with Gasteiger partial charge in [0, 0.05) is 15.4 Å². The van der Waals surface area contributed by atoms with Crippen LogP contribution in [0, 0.1) is 12.7 Å². The number of para-hydroxylation sites is 1. The molecule has 0 unspecified atom stereocenters. The molecule has 0 saturated carbocycles. The van der Waals surface area contributed by atoms with Gasteiger partial charge in [-0.25, -0.2) is 4.39 Å². The van der Waals surface area contributed by atoms with Crippen molar-refractivity contribution in [2.24, 2.45) is 0 Å². The number of halogens is 2. The summed E-state index contributed by atoms with van der Waals surface area (Å²) in [6.45, 7) is 1.75. The van der Waals surface area contributed by atoms with Crippen LogP contribution in [0.25, 0.3) is 11.0 Å². The lowest BCUT2D eigenvalue weighted by molar-refractivity contribution is 0.0829. The van der Waals surface area contributed by atoms with E-state index in [2.05, 4.69) is 26.8 Å². The van der Waals surface area contributed by atoms with Gasteiger partial charge in [0.2, 0.25) is 0 Å². The van der Waals surface area contributed by atoms with E-state index >= 15 is 0 Å². The van der Waals surface area contributed by atoms with Crippen LogP contribution < -0.4 is 10.9 Å². The maximum atomic E-state index is 13.7. The fraction of sp³-hybridized carbons (Fsp3) is 0.0588. The average Bonchev–Trinajstić information content (AvgIpc) is 2.92. The van der Waals surface area contributed by atoms with E-state index in [0.29, 0.717) is 15.6 Å². The van der Waals surface area contributed by atoms with E-state index in [4.69, 9.17) is 4.42 Å². The van der Waals surface area contributed by atoms with Crippen LogP contribution in [0.3, 0.4) is 0 Å². The first-order valence-corrected chi connectivity index (χ1v) is 7.80. The number of aryl methyl sites for hydroxylation is 1. The van der Waals surface area contributed by atoms with Crippen LogP contribution in [-0.2, 0) is 0 Å². The van der Waals surface area contributed by atoms with Gasteiger partial charge in [0.25, 0.3) is 5.91 Å². The van der Waals surface area contributed by atoms with Crippen LogP contribution >= 0.6 is 15.9 Å². The number of carbonyl (C=O) groups excluding carboxylic acids is 2. The predicted octanol–water partition coefficient (Wildman–Crippen LogP) is 3.72. The molecule has 1 heterocycles. The van der Waals surface area contributed by atoms with Crippen molar-refractivity contribution in [1.29, 1.82) is 0 Å². The summed E-state index contributed by atoms with van der Waals surface area (Å²) >= 11 is 3.16. The second-order valence-corrected chi connectivity index (χ2v) is 6.00. The Balaban J connectivity index is 1.76. The topological polar surface area (TPSA) is 71.3 Å². The van der Waals surface area contributed by atoms with Crippen molar-refractivity contribution in [1.82, 2.24) is 10.9 Å². The Kier molecular flexibility index (Phi) is 4.35. The minimum Gasteiger partial charge on any atom is -0.451 e. The van der Waals surface area contributed by atoms with Crippen LogP contribution in [0.4, 0.5) is 4.39 Å².